The first kappa shape index (κ1) is 19.0. The van der Waals surface area contributed by atoms with Crippen molar-refractivity contribution in [2.24, 2.45) is 0 Å². The number of benzene rings is 2. The van der Waals surface area contributed by atoms with Gasteiger partial charge in [0.25, 0.3) is 11.8 Å². The Balaban J connectivity index is 1.66. The fourth-order valence-corrected chi connectivity index (χ4v) is 3.49. The molecule has 0 N–H and O–H groups in total. The maximum Gasteiger partial charge on any atom is 0.290 e. The quantitative estimate of drug-likeness (QED) is 0.600. The van der Waals surface area contributed by atoms with Gasteiger partial charge in [0, 0.05) is 11.6 Å². The average molecular weight is 409 g/mol. The summed E-state index contributed by atoms with van der Waals surface area (Å²) >= 11 is 5.91. The number of nitrogens with zero attached hydrogens (tertiary/aromatic N) is 2. The first-order valence-corrected chi connectivity index (χ1v) is 9.43. The number of hydrogen-bond acceptors (Lipinski definition) is 4. The number of hydrogen-bond donors (Lipinski definition) is 0. The molecule has 4 rings (SSSR count). The molecule has 1 aliphatic heterocycles. The second kappa shape index (κ2) is 7.93. The minimum absolute atomic E-state index is 0.0965. The van der Waals surface area contributed by atoms with Gasteiger partial charge in [0.15, 0.2) is 5.76 Å². The van der Waals surface area contributed by atoms with E-state index in [9.17, 15) is 14.4 Å². The van der Waals surface area contributed by atoms with Crippen LogP contribution >= 0.6 is 11.6 Å². The lowest BCUT2D eigenvalue weighted by molar-refractivity contribution is -0.122. The van der Waals surface area contributed by atoms with Crippen LogP contribution in [0.15, 0.2) is 77.4 Å². The van der Waals surface area contributed by atoms with Gasteiger partial charge in [-0.2, -0.15) is 0 Å². The minimum Gasteiger partial charge on any atom is -0.459 e. The lowest BCUT2D eigenvalue weighted by Crippen LogP contribution is -2.45. The second-order valence-corrected chi connectivity index (χ2v) is 7.10. The molecule has 0 saturated carbocycles. The molecule has 0 radical (unpaired) electrons. The topological polar surface area (TPSA) is 70.8 Å². The van der Waals surface area contributed by atoms with Crippen LogP contribution < -0.4 is 4.90 Å². The van der Waals surface area contributed by atoms with Crippen LogP contribution in [0.5, 0.6) is 0 Å². The van der Waals surface area contributed by atoms with Crippen LogP contribution in [0.1, 0.15) is 22.5 Å². The van der Waals surface area contributed by atoms with E-state index in [1.165, 1.54) is 11.2 Å². The van der Waals surface area contributed by atoms with Gasteiger partial charge in [0.1, 0.15) is 6.04 Å². The van der Waals surface area contributed by atoms with Gasteiger partial charge in [0.2, 0.25) is 5.91 Å². The van der Waals surface area contributed by atoms with Crippen LogP contribution in [-0.2, 0) is 16.1 Å². The van der Waals surface area contributed by atoms with Crippen molar-refractivity contribution in [3.8, 4) is 0 Å². The molecule has 1 atom stereocenters. The fourth-order valence-electron chi connectivity index (χ4n) is 3.37. The predicted molar refractivity (Wildman–Crippen MR) is 107 cm³/mol. The van der Waals surface area contributed by atoms with Gasteiger partial charge in [-0.25, -0.2) is 4.90 Å². The van der Waals surface area contributed by atoms with E-state index >= 15 is 0 Å². The number of anilines is 1. The summed E-state index contributed by atoms with van der Waals surface area (Å²) in [6.45, 7) is 0.179. The third-order valence-electron chi connectivity index (χ3n) is 4.77. The van der Waals surface area contributed by atoms with Gasteiger partial charge < -0.3 is 9.32 Å². The number of carbonyl (C=O) groups excluding carboxylic acids is 3. The second-order valence-electron chi connectivity index (χ2n) is 6.66. The molecular formula is C22H17ClN2O4. The maximum absolute atomic E-state index is 13.2. The van der Waals surface area contributed by atoms with Gasteiger partial charge >= 0.3 is 0 Å². The maximum atomic E-state index is 13.2. The van der Waals surface area contributed by atoms with Crippen LogP contribution in [0, 0.1) is 0 Å². The number of rotatable bonds is 5. The smallest absolute Gasteiger partial charge is 0.290 e. The Kier molecular flexibility index (Phi) is 5.18. The van der Waals surface area contributed by atoms with E-state index in [1.807, 2.05) is 30.3 Å². The van der Waals surface area contributed by atoms with E-state index < -0.39 is 17.9 Å². The first-order valence-electron chi connectivity index (χ1n) is 9.05. The highest BCUT2D eigenvalue weighted by Crippen LogP contribution is 2.28. The largest absolute Gasteiger partial charge is 0.459 e. The molecular weight excluding hydrogens is 392 g/mol. The minimum atomic E-state index is -0.920. The van der Waals surface area contributed by atoms with E-state index in [4.69, 9.17) is 16.0 Å². The fraction of sp³-hybridized carbons (Fsp3) is 0.136. The zero-order valence-corrected chi connectivity index (χ0v) is 16.1. The molecule has 1 saturated heterocycles. The molecule has 0 bridgehead atoms. The Morgan fingerprint density at radius 1 is 1.03 bits per heavy atom. The van der Waals surface area contributed by atoms with Crippen molar-refractivity contribution in [2.45, 2.75) is 19.0 Å². The van der Waals surface area contributed by atoms with Crippen molar-refractivity contribution in [3.05, 3.63) is 89.3 Å². The van der Waals surface area contributed by atoms with Crippen LogP contribution in [0.4, 0.5) is 5.69 Å². The van der Waals surface area contributed by atoms with E-state index in [0.717, 1.165) is 10.5 Å². The zero-order valence-electron chi connectivity index (χ0n) is 15.3. The monoisotopic (exact) mass is 408 g/mol. The molecule has 1 fully saturated rings. The molecule has 2 aromatic carbocycles. The summed E-state index contributed by atoms with van der Waals surface area (Å²) in [4.78, 5) is 41.4. The SMILES string of the molecule is O=C1CC(N(Cc2ccccc2)C(=O)c2ccco2)C(=O)N1c1ccc(Cl)cc1. The molecule has 1 unspecified atom stereocenters. The standard InChI is InChI=1S/C22H17ClN2O4/c23-16-8-10-17(11-9-16)25-20(26)13-18(21(25)27)24(14-15-5-2-1-3-6-15)22(28)19-7-4-12-29-19/h1-12,18H,13-14H2. The molecule has 29 heavy (non-hydrogen) atoms. The lowest BCUT2D eigenvalue weighted by atomic mass is 10.1. The average Bonchev–Trinajstić information content (AvgIpc) is 3.36. The highest BCUT2D eigenvalue weighted by Gasteiger charge is 2.44. The molecule has 146 valence electrons. The van der Waals surface area contributed by atoms with Crippen molar-refractivity contribution in [3.63, 3.8) is 0 Å². The van der Waals surface area contributed by atoms with Crippen molar-refractivity contribution in [1.82, 2.24) is 4.90 Å². The Hall–Kier alpha value is -3.38. The van der Waals surface area contributed by atoms with Crippen molar-refractivity contribution >= 4 is 35.0 Å². The molecule has 0 spiro atoms. The number of carbonyl (C=O) groups is 3. The highest BCUT2D eigenvalue weighted by atomic mass is 35.5. The number of amides is 3. The molecule has 3 aromatic rings. The van der Waals surface area contributed by atoms with Crippen molar-refractivity contribution in [1.29, 1.82) is 0 Å². The predicted octanol–water partition coefficient (Wildman–Crippen LogP) is 3.91. The molecule has 1 aromatic heterocycles. The molecule has 1 aliphatic rings. The van der Waals surface area contributed by atoms with Crippen LogP contribution in [0.2, 0.25) is 5.02 Å². The Morgan fingerprint density at radius 2 is 1.76 bits per heavy atom. The molecule has 2 heterocycles. The number of halogens is 1. The third kappa shape index (κ3) is 3.79. The third-order valence-corrected chi connectivity index (χ3v) is 5.02. The van der Waals surface area contributed by atoms with E-state index in [2.05, 4.69) is 0 Å². The van der Waals surface area contributed by atoms with Gasteiger partial charge in [0.05, 0.1) is 18.4 Å². The zero-order chi connectivity index (χ0) is 20.4. The normalized spacial score (nSPS) is 16.3. The molecule has 0 aliphatic carbocycles. The summed E-state index contributed by atoms with van der Waals surface area (Å²) in [6, 6.07) is 18.0. The van der Waals surface area contributed by atoms with Gasteiger partial charge in [-0.05, 0) is 42.0 Å². The van der Waals surface area contributed by atoms with Crippen LogP contribution in [0.25, 0.3) is 0 Å². The highest BCUT2D eigenvalue weighted by molar-refractivity contribution is 6.31. The summed E-state index contributed by atoms with van der Waals surface area (Å²) < 4.78 is 5.24. The summed E-state index contributed by atoms with van der Waals surface area (Å²) in [7, 11) is 0. The van der Waals surface area contributed by atoms with Crippen LogP contribution in [0.3, 0.4) is 0 Å². The van der Waals surface area contributed by atoms with Gasteiger partial charge in [-0.1, -0.05) is 41.9 Å². The number of imide groups is 1. The first-order chi connectivity index (χ1) is 14.0. The van der Waals surface area contributed by atoms with Gasteiger partial charge in [-0.15, -0.1) is 0 Å². The van der Waals surface area contributed by atoms with E-state index in [-0.39, 0.29) is 24.6 Å². The van der Waals surface area contributed by atoms with Gasteiger partial charge in [-0.3, -0.25) is 14.4 Å². The summed E-state index contributed by atoms with van der Waals surface area (Å²) in [5.74, 6) is -1.14. The molecule has 7 heteroatoms. The Bertz CT molecular complexity index is 1030. The molecule has 6 nitrogen and oxygen atoms in total. The van der Waals surface area contributed by atoms with Crippen molar-refractivity contribution < 1.29 is 18.8 Å². The van der Waals surface area contributed by atoms with Crippen molar-refractivity contribution in [2.75, 3.05) is 4.90 Å². The number of furan rings is 1. The Morgan fingerprint density at radius 3 is 2.41 bits per heavy atom. The lowest BCUT2D eigenvalue weighted by Gasteiger charge is -2.27. The summed E-state index contributed by atoms with van der Waals surface area (Å²) in [5, 5.41) is 0.503. The van der Waals surface area contributed by atoms with E-state index in [0.29, 0.717) is 10.7 Å². The van der Waals surface area contributed by atoms with E-state index in [1.54, 1.807) is 36.4 Å². The van der Waals surface area contributed by atoms with Crippen LogP contribution in [-0.4, -0.2) is 28.7 Å². The Labute approximate surface area is 172 Å². The summed E-state index contributed by atoms with van der Waals surface area (Å²) in [5.41, 5.74) is 1.27. The molecule has 3 amide bonds. The summed E-state index contributed by atoms with van der Waals surface area (Å²) in [6.07, 6.45) is 1.30.